The zero-order valence-corrected chi connectivity index (χ0v) is 6.18. The number of rotatable bonds is 1. The second-order valence-corrected chi connectivity index (χ2v) is 2.63. The molecular formula is C6H4N2O2S. The Balaban J connectivity index is 2.75. The molecule has 56 valence electrons. The molecule has 0 fully saturated rings. The summed E-state index contributed by atoms with van der Waals surface area (Å²) in [6.45, 7) is 0. The summed E-state index contributed by atoms with van der Waals surface area (Å²) in [4.78, 5) is 14.4. The zero-order chi connectivity index (χ0) is 8.27. The lowest BCUT2D eigenvalue weighted by atomic mass is 10.6. The van der Waals surface area contributed by atoms with Gasteiger partial charge in [0.1, 0.15) is 0 Å². The minimum Gasteiger partial charge on any atom is -0.465 e. The average molecular weight is 168 g/mol. The summed E-state index contributed by atoms with van der Waals surface area (Å²) >= 11 is 1.12. The molecule has 1 amide bonds. The first-order chi connectivity index (χ1) is 5.22. The van der Waals surface area contributed by atoms with Gasteiger partial charge in [-0.2, -0.15) is 0 Å². The van der Waals surface area contributed by atoms with Gasteiger partial charge in [-0.3, -0.25) is 5.32 Å². The predicted molar refractivity (Wildman–Crippen MR) is 41.7 cm³/mol. The zero-order valence-electron chi connectivity index (χ0n) is 5.37. The van der Waals surface area contributed by atoms with Crippen LogP contribution in [0.3, 0.4) is 0 Å². The summed E-state index contributed by atoms with van der Waals surface area (Å²) in [7, 11) is 0. The highest BCUT2D eigenvalue weighted by Gasteiger charge is 2.01. The molecule has 1 aromatic heterocycles. The average Bonchev–Trinajstić information content (AvgIpc) is 2.34. The molecule has 0 bridgehead atoms. The summed E-state index contributed by atoms with van der Waals surface area (Å²) < 4.78 is 0. The molecule has 0 aromatic carbocycles. The van der Waals surface area contributed by atoms with E-state index in [0.717, 1.165) is 11.3 Å². The van der Waals surface area contributed by atoms with Gasteiger partial charge in [-0.25, -0.2) is 9.78 Å². The molecule has 11 heavy (non-hydrogen) atoms. The Hall–Kier alpha value is -1.54. The van der Waals surface area contributed by atoms with E-state index < -0.39 is 6.09 Å². The lowest BCUT2D eigenvalue weighted by Crippen LogP contribution is -2.06. The van der Waals surface area contributed by atoms with Crippen molar-refractivity contribution in [1.29, 1.82) is 0 Å². The molecule has 4 nitrogen and oxygen atoms in total. The third-order valence-electron chi connectivity index (χ3n) is 0.862. The quantitative estimate of drug-likeness (QED) is 0.619. The third-order valence-corrected chi connectivity index (χ3v) is 1.71. The Bertz CT molecular complexity index is 313. The molecule has 0 aliphatic heterocycles. The molecule has 0 aliphatic carbocycles. The van der Waals surface area contributed by atoms with E-state index >= 15 is 0 Å². The monoisotopic (exact) mass is 168 g/mol. The number of carboxylic acid groups (broad SMARTS) is 1. The molecule has 0 aliphatic rings. The van der Waals surface area contributed by atoms with Gasteiger partial charge < -0.3 is 5.11 Å². The van der Waals surface area contributed by atoms with Crippen LogP contribution in [0.1, 0.15) is 4.88 Å². The van der Waals surface area contributed by atoms with E-state index in [9.17, 15) is 4.79 Å². The predicted octanol–water partition coefficient (Wildman–Crippen LogP) is 1.21. The number of carbonyl (C=O) groups is 1. The highest BCUT2D eigenvalue weighted by Crippen LogP contribution is 2.16. The van der Waals surface area contributed by atoms with Crippen LogP contribution in [0.25, 0.3) is 0 Å². The Morgan fingerprint density at radius 3 is 3.09 bits per heavy atom. The van der Waals surface area contributed by atoms with Crippen LogP contribution in [0.5, 0.6) is 0 Å². The van der Waals surface area contributed by atoms with Crippen LogP contribution in [0.15, 0.2) is 6.20 Å². The third kappa shape index (κ3) is 1.95. The molecular weight excluding hydrogens is 164 g/mol. The van der Waals surface area contributed by atoms with Gasteiger partial charge in [-0.05, 0) is 0 Å². The SMILES string of the molecule is C#Cc1cnc(NC(=O)O)s1. The van der Waals surface area contributed by atoms with Gasteiger partial charge in [0, 0.05) is 0 Å². The van der Waals surface area contributed by atoms with Crippen molar-refractivity contribution in [3.8, 4) is 12.3 Å². The number of thiazole rings is 1. The number of anilines is 1. The van der Waals surface area contributed by atoms with Crippen molar-refractivity contribution in [2.24, 2.45) is 0 Å². The number of nitrogens with zero attached hydrogens (tertiary/aromatic N) is 1. The van der Waals surface area contributed by atoms with Crippen molar-refractivity contribution in [2.75, 3.05) is 5.32 Å². The molecule has 1 rings (SSSR count). The number of hydrogen-bond donors (Lipinski definition) is 2. The Morgan fingerprint density at radius 2 is 2.64 bits per heavy atom. The van der Waals surface area contributed by atoms with Gasteiger partial charge in [0.2, 0.25) is 0 Å². The number of aromatic nitrogens is 1. The van der Waals surface area contributed by atoms with Gasteiger partial charge in [0.15, 0.2) is 5.13 Å². The molecule has 5 heteroatoms. The second-order valence-electron chi connectivity index (χ2n) is 1.60. The van der Waals surface area contributed by atoms with Crippen LogP contribution >= 0.6 is 11.3 Å². The fourth-order valence-corrected chi connectivity index (χ4v) is 1.11. The van der Waals surface area contributed by atoms with Crippen LogP contribution in [0.2, 0.25) is 0 Å². The van der Waals surface area contributed by atoms with Crippen LogP contribution in [0, 0.1) is 12.3 Å². The molecule has 0 unspecified atom stereocenters. The lowest BCUT2D eigenvalue weighted by Gasteiger charge is -1.89. The molecule has 0 spiro atoms. The van der Waals surface area contributed by atoms with E-state index in [1.165, 1.54) is 6.20 Å². The summed E-state index contributed by atoms with van der Waals surface area (Å²) in [5.41, 5.74) is 0. The van der Waals surface area contributed by atoms with Gasteiger partial charge in [-0.15, -0.1) is 6.42 Å². The molecule has 0 saturated carbocycles. The molecule has 1 aromatic rings. The van der Waals surface area contributed by atoms with Crippen molar-refractivity contribution in [2.45, 2.75) is 0 Å². The minimum absolute atomic E-state index is 0.297. The van der Waals surface area contributed by atoms with E-state index in [-0.39, 0.29) is 0 Å². The van der Waals surface area contributed by atoms with Gasteiger partial charge >= 0.3 is 6.09 Å². The van der Waals surface area contributed by atoms with E-state index in [1.54, 1.807) is 0 Å². The fourth-order valence-electron chi connectivity index (χ4n) is 0.490. The van der Waals surface area contributed by atoms with Crippen molar-refractivity contribution >= 4 is 22.6 Å². The van der Waals surface area contributed by atoms with Crippen LogP contribution in [-0.4, -0.2) is 16.2 Å². The first-order valence-electron chi connectivity index (χ1n) is 2.65. The van der Waals surface area contributed by atoms with Crippen LogP contribution < -0.4 is 5.32 Å². The van der Waals surface area contributed by atoms with Gasteiger partial charge in [0.05, 0.1) is 11.1 Å². The number of terminal acetylenes is 1. The van der Waals surface area contributed by atoms with Crippen molar-refractivity contribution < 1.29 is 9.90 Å². The first-order valence-corrected chi connectivity index (χ1v) is 3.46. The normalized spacial score (nSPS) is 8.64. The number of nitrogens with one attached hydrogen (secondary N) is 1. The minimum atomic E-state index is -1.14. The summed E-state index contributed by atoms with van der Waals surface area (Å²) in [6.07, 6.45) is 5.34. The van der Waals surface area contributed by atoms with E-state index in [0.29, 0.717) is 10.0 Å². The first kappa shape index (κ1) is 7.57. The Kier molecular flexibility index (Phi) is 2.09. The largest absolute Gasteiger partial charge is 0.465 e. The maximum Gasteiger partial charge on any atom is 0.410 e. The van der Waals surface area contributed by atoms with Crippen molar-refractivity contribution in [3.05, 3.63) is 11.1 Å². The Morgan fingerprint density at radius 1 is 1.91 bits per heavy atom. The maximum atomic E-state index is 10.1. The molecule has 0 radical (unpaired) electrons. The van der Waals surface area contributed by atoms with E-state index in [4.69, 9.17) is 11.5 Å². The molecule has 1 heterocycles. The molecule has 0 saturated heterocycles. The highest BCUT2D eigenvalue weighted by molar-refractivity contribution is 7.16. The Labute approximate surface area is 66.9 Å². The second kappa shape index (κ2) is 3.03. The van der Waals surface area contributed by atoms with E-state index in [2.05, 4.69) is 16.2 Å². The maximum absolute atomic E-state index is 10.1. The van der Waals surface area contributed by atoms with Crippen molar-refractivity contribution in [1.82, 2.24) is 4.98 Å². The van der Waals surface area contributed by atoms with Crippen LogP contribution in [0.4, 0.5) is 9.93 Å². The summed E-state index contributed by atoms with van der Waals surface area (Å²) in [6, 6.07) is 0. The molecule has 2 N–H and O–H groups in total. The van der Waals surface area contributed by atoms with Crippen molar-refractivity contribution in [3.63, 3.8) is 0 Å². The topological polar surface area (TPSA) is 62.2 Å². The number of hydrogen-bond acceptors (Lipinski definition) is 3. The highest BCUT2D eigenvalue weighted by atomic mass is 32.1. The van der Waals surface area contributed by atoms with Gasteiger partial charge in [0.25, 0.3) is 0 Å². The standard InChI is InChI=1S/C6H4N2O2S/c1-2-4-3-7-5(11-4)8-6(9)10/h1,3H,(H,7,8)(H,9,10). The van der Waals surface area contributed by atoms with Gasteiger partial charge in [-0.1, -0.05) is 17.3 Å². The molecule has 0 atom stereocenters. The number of amides is 1. The summed E-state index contributed by atoms with van der Waals surface area (Å²) in [5, 5.41) is 10.6. The lowest BCUT2D eigenvalue weighted by molar-refractivity contribution is 0.209. The van der Waals surface area contributed by atoms with E-state index in [1.807, 2.05) is 0 Å². The van der Waals surface area contributed by atoms with Crippen LogP contribution in [-0.2, 0) is 0 Å². The fraction of sp³-hybridized carbons (Fsp3) is 0. The summed E-state index contributed by atoms with van der Waals surface area (Å²) in [5.74, 6) is 2.34. The smallest absolute Gasteiger partial charge is 0.410 e.